The van der Waals surface area contributed by atoms with Gasteiger partial charge in [0, 0.05) is 0 Å². The molecule has 0 radical (unpaired) electrons. The van der Waals surface area contributed by atoms with Crippen LogP contribution in [0.4, 0.5) is 0 Å². The van der Waals surface area contributed by atoms with Crippen LogP contribution in [0.25, 0.3) is 0 Å². The molecule has 0 aromatic rings. The number of hydrogen-bond donors (Lipinski definition) is 0. The standard InChI is InChI=1S/C8H11O.K/c1-7-5-3-4-6-8(7,2)9;/h3-7H,1-2H3;/q-1;+1. The number of allylic oxidation sites excluding steroid dienone is 2. The summed E-state index contributed by atoms with van der Waals surface area (Å²) in [6.45, 7) is 3.64. The molecule has 1 rings (SSSR count). The van der Waals surface area contributed by atoms with Crippen LogP contribution in [0.3, 0.4) is 0 Å². The summed E-state index contributed by atoms with van der Waals surface area (Å²) in [5.74, 6) is 0.127. The molecule has 10 heavy (non-hydrogen) atoms. The van der Waals surface area contributed by atoms with Gasteiger partial charge in [-0.1, -0.05) is 43.8 Å². The summed E-state index contributed by atoms with van der Waals surface area (Å²) in [4.78, 5) is 0. The molecule has 0 N–H and O–H groups in total. The molecule has 50 valence electrons. The van der Waals surface area contributed by atoms with Crippen molar-refractivity contribution in [2.75, 3.05) is 0 Å². The van der Waals surface area contributed by atoms with E-state index in [-0.39, 0.29) is 57.3 Å². The quantitative estimate of drug-likeness (QED) is 0.373. The van der Waals surface area contributed by atoms with Gasteiger partial charge in [0.2, 0.25) is 0 Å². The van der Waals surface area contributed by atoms with Crippen LogP contribution < -0.4 is 56.5 Å². The second-order valence-corrected chi connectivity index (χ2v) is 2.72. The van der Waals surface area contributed by atoms with Crippen molar-refractivity contribution in [2.24, 2.45) is 5.92 Å². The molecule has 0 spiro atoms. The van der Waals surface area contributed by atoms with Crippen LogP contribution in [0.5, 0.6) is 0 Å². The van der Waals surface area contributed by atoms with Crippen molar-refractivity contribution in [3.05, 3.63) is 24.3 Å². The summed E-state index contributed by atoms with van der Waals surface area (Å²) in [5.41, 5.74) is -0.880. The van der Waals surface area contributed by atoms with Crippen molar-refractivity contribution in [1.82, 2.24) is 0 Å². The Morgan fingerprint density at radius 1 is 1.40 bits per heavy atom. The minimum absolute atomic E-state index is 0. The van der Waals surface area contributed by atoms with E-state index >= 15 is 0 Å². The first-order chi connectivity index (χ1) is 4.13. The summed E-state index contributed by atoms with van der Waals surface area (Å²) in [6.07, 6.45) is 7.38. The van der Waals surface area contributed by atoms with Gasteiger partial charge in [0.1, 0.15) is 0 Å². The van der Waals surface area contributed by atoms with Crippen LogP contribution in [0.15, 0.2) is 24.3 Å². The van der Waals surface area contributed by atoms with Gasteiger partial charge in [0.15, 0.2) is 0 Å². The Morgan fingerprint density at radius 3 is 2.30 bits per heavy atom. The minimum Gasteiger partial charge on any atom is -0.846 e. The van der Waals surface area contributed by atoms with Gasteiger partial charge in [-0.3, -0.25) is 0 Å². The zero-order valence-electron chi connectivity index (χ0n) is 6.79. The van der Waals surface area contributed by atoms with E-state index in [1.165, 1.54) is 0 Å². The molecule has 1 nitrogen and oxygen atoms in total. The molecule has 1 aliphatic carbocycles. The van der Waals surface area contributed by atoms with Gasteiger partial charge in [-0.05, 0) is 5.92 Å². The molecule has 0 heterocycles. The SMILES string of the molecule is CC1C=CC=CC1(C)[O-].[K+]. The Kier molecular flexibility index (Phi) is 4.64. The maximum absolute atomic E-state index is 11.3. The summed E-state index contributed by atoms with van der Waals surface area (Å²) < 4.78 is 0. The fourth-order valence-corrected chi connectivity index (χ4v) is 0.820. The van der Waals surface area contributed by atoms with E-state index in [1.807, 2.05) is 25.2 Å². The van der Waals surface area contributed by atoms with Crippen molar-refractivity contribution in [3.8, 4) is 0 Å². The molecule has 0 aromatic heterocycles. The molecule has 0 aliphatic heterocycles. The number of hydrogen-bond acceptors (Lipinski definition) is 1. The monoisotopic (exact) mass is 162 g/mol. The maximum atomic E-state index is 11.3. The third-order valence-electron chi connectivity index (χ3n) is 1.84. The Bertz CT molecular complexity index is 159. The smallest absolute Gasteiger partial charge is 0.846 e. The Balaban J connectivity index is 0.000000810. The molecule has 0 fully saturated rings. The topological polar surface area (TPSA) is 23.1 Å². The molecule has 0 saturated carbocycles. The zero-order chi connectivity index (χ0) is 6.91. The molecule has 0 saturated heterocycles. The van der Waals surface area contributed by atoms with Crippen LogP contribution in [-0.4, -0.2) is 5.60 Å². The van der Waals surface area contributed by atoms with Crippen LogP contribution in [0, 0.1) is 5.92 Å². The fraction of sp³-hybridized carbons (Fsp3) is 0.500. The van der Waals surface area contributed by atoms with Crippen LogP contribution in [0.2, 0.25) is 0 Å². The first-order valence-corrected chi connectivity index (χ1v) is 3.19. The predicted octanol–water partition coefficient (Wildman–Crippen LogP) is -2.13. The largest absolute Gasteiger partial charge is 1.00 e. The molecular formula is C8H11KO. The van der Waals surface area contributed by atoms with E-state index in [0.29, 0.717) is 0 Å². The average molecular weight is 162 g/mol. The van der Waals surface area contributed by atoms with Crippen molar-refractivity contribution in [2.45, 2.75) is 19.4 Å². The molecule has 0 amide bonds. The van der Waals surface area contributed by atoms with E-state index in [1.54, 1.807) is 13.0 Å². The molecule has 0 bridgehead atoms. The van der Waals surface area contributed by atoms with Gasteiger partial charge in [0.25, 0.3) is 0 Å². The molecule has 0 aromatic carbocycles. The van der Waals surface area contributed by atoms with E-state index in [9.17, 15) is 5.11 Å². The second-order valence-electron chi connectivity index (χ2n) is 2.72. The van der Waals surface area contributed by atoms with Crippen LogP contribution in [0.1, 0.15) is 13.8 Å². The summed E-state index contributed by atoms with van der Waals surface area (Å²) in [7, 11) is 0. The average Bonchev–Trinajstić information content (AvgIpc) is 1.77. The predicted molar refractivity (Wildman–Crippen MR) is 35.8 cm³/mol. The van der Waals surface area contributed by atoms with Gasteiger partial charge in [0.05, 0.1) is 0 Å². The third-order valence-corrected chi connectivity index (χ3v) is 1.84. The molecule has 2 heteroatoms. The fourth-order valence-electron chi connectivity index (χ4n) is 0.820. The van der Waals surface area contributed by atoms with Gasteiger partial charge >= 0.3 is 51.4 Å². The van der Waals surface area contributed by atoms with Gasteiger partial charge < -0.3 is 5.11 Å². The Labute approximate surface area is 105 Å². The summed E-state index contributed by atoms with van der Waals surface area (Å²) in [6, 6.07) is 0. The zero-order valence-corrected chi connectivity index (χ0v) is 9.92. The van der Waals surface area contributed by atoms with Crippen molar-refractivity contribution in [3.63, 3.8) is 0 Å². The molecular weight excluding hydrogens is 151 g/mol. The first kappa shape index (κ1) is 11.1. The van der Waals surface area contributed by atoms with Crippen molar-refractivity contribution >= 4 is 0 Å². The number of rotatable bonds is 0. The maximum Gasteiger partial charge on any atom is 1.00 e. The second kappa shape index (κ2) is 4.19. The van der Waals surface area contributed by atoms with Crippen LogP contribution >= 0.6 is 0 Å². The van der Waals surface area contributed by atoms with E-state index < -0.39 is 5.60 Å². The Morgan fingerprint density at radius 2 is 2.00 bits per heavy atom. The van der Waals surface area contributed by atoms with E-state index in [4.69, 9.17) is 0 Å². The summed E-state index contributed by atoms with van der Waals surface area (Å²) >= 11 is 0. The van der Waals surface area contributed by atoms with E-state index in [0.717, 1.165) is 0 Å². The summed E-state index contributed by atoms with van der Waals surface area (Å²) in [5, 5.41) is 11.3. The normalized spacial score (nSPS) is 37.3. The molecule has 2 atom stereocenters. The Hall–Kier alpha value is 1.08. The van der Waals surface area contributed by atoms with E-state index in [2.05, 4.69) is 0 Å². The van der Waals surface area contributed by atoms with Crippen molar-refractivity contribution in [1.29, 1.82) is 0 Å². The van der Waals surface area contributed by atoms with Crippen molar-refractivity contribution < 1.29 is 56.5 Å². The third kappa shape index (κ3) is 2.60. The van der Waals surface area contributed by atoms with Crippen LogP contribution in [-0.2, 0) is 0 Å². The van der Waals surface area contributed by atoms with Gasteiger partial charge in [-0.25, -0.2) is 0 Å². The van der Waals surface area contributed by atoms with Gasteiger partial charge in [-0.2, -0.15) is 0 Å². The molecule has 2 unspecified atom stereocenters. The first-order valence-electron chi connectivity index (χ1n) is 3.19. The minimum atomic E-state index is -0.880. The molecule has 1 aliphatic rings. The van der Waals surface area contributed by atoms with Gasteiger partial charge in [-0.15, -0.1) is 0 Å².